The number of carbonyl (C=O) groups excluding carboxylic acids is 1. The molecule has 0 aliphatic heterocycles. The van der Waals surface area contributed by atoms with Crippen LogP contribution in [0.4, 0.5) is 0 Å². The van der Waals surface area contributed by atoms with Crippen LogP contribution < -0.4 is 0 Å². The van der Waals surface area contributed by atoms with Gasteiger partial charge in [-0.05, 0) is 32.1 Å². The van der Waals surface area contributed by atoms with Crippen molar-refractivity contribution in [3.05, 3.63) is 12.7 Å². The van der Waals surface area contributed by atoms with E-state index < -0.39 is 0 Å². The van der Waals surface area contributed by atoms with Gasteiger partial charge >= 0.3 is 0 Å². The van der Waals surface area contributed by atoms with Gasteiger partial charge < -0.3 is 0 Å². The van der Waals surface area contributed by atoms with Gasteiger partial charge in [0.2, 0.25) is 0 Å². The van der Waals surface area contributed by atoms with Crippen molar-refractivity contribution in [3.63, 3.8) is 0 Å². The smallest absolute Gasteiger partial charge is 0.133 e. The molecule has 12 heavy (non-hydrogen) atoms. The Bertz CT molecular complexity index is 172. The molecule has 0 aromatic rings. The second-order valence-electron chi connectivity index (χ2n) is 3.79. The third-order valence-electron chi connectivity index (χ3n) is 2.90. The molecule has 0 bridgehead atoms. The number of carbonyl (C=O) groups is 1. The first kappa shape index (κ1) is 9.50. The molecule has 1 aliphatic rings. The Balaban J connectivity index is 2.53. The molecule has 1 rings (SSSR count). The fraction of sp³-hybridized carbons (Fsp3) is 0.727. The minimum absolute atomic E-state index is 0.330. The number of ketones is 1. The highest BCUT2D eigenvalue weighted by molar-refractivity contribution is 5.78. The van der Waals surface area contributed by atoms with Gasteiger partial charge in [0.15, 0.2) is 0 Å². The molecule has 1 saturated carbocycles. The lowest BCUT2D eigenvalue weighted by Crippen LogP contribution is -2.24. The van der Waals surface area contributed by atoms with E-state index in [-0.39, 0.29) is 0 Å². The topological polar surface area (TPSA) is 17.1 Å². The van der Waals surface area contributed by atoms with E-state index in [0.29, 0.717) is 17.6 Å². The molecule has 1 aliphatic carbocycles. The summed E-state index contributed by atoms with van der Waals surface area (Å²) >= 11 is 0. The Morgan fingerprint density at radius 2 is 2.17 bits per heavy atom. The van der Waals surface area contributed by atoms with Crippen LogP contribution in [0.3, 0.4) is 0 Å². The fourth-order valence-corrected chi connectivity index (χ4v) is 2.24. The molecule has 0 amide bonds. The van der Waals surface area contributed by atoms with E-state index in [1.807, 2.05) is 6.08 Å². The monoisotopic (exact) mass is 166 g/mol. The molecule has 2 atom stereocenters. The standard InChI is InChI=1S/C11H18O/c1-3-6-10-7-4-5-8-11(10)9(2)12/h3,10-11H,1,4-8H2,2H3. The third-order valence-corrected chi connectivity index (χ3v) is 2.90. The highest BCUT2D eigenvalue weighted by atomic mass is 16.1. The fourth-order valence-electron chi connectivity index (χ4n) is 2.24. The quantitative estimate of drug-likeness (QED) is 0.589. The highest BCUT2D eigenvalue weighted by Gasteiger charge is 2.26. The van der Waals surface area contributed by atoms with Crippen molar-refractivity contribution in [2.24, 2.45) is 11.8 Å². The molecule has 0 aromatic carbocycles. The minimum atomic E-state index is 0.330. The van der Waals surface area contributed by atoms with Crippen molar-refractivity contribution >= 4 is 5.78 Å². The summed E-state index contributed by atoms with van der Waals surface area (Å²) in [5.41, 5.74) is 0. The Morgan fingerprint density at radius 1 is 1.50 bits per heavy atom. The number of hydrogen-bond acceptors (Lipinski definition) is 1. The van der Waals surface area contributed by atoms with Crippen LogP contribution in [-0.4, -0.2) is 5.78 Å². The Hall–Kier alpha value is -0.590. The number of hydrogen-bond donors (Lipinski definition) is 0. The van der Waals surface area contributed by atoms with Crippen LogP contribution in [0.2, 0.25) is 0 Å². The number of Topliss-reactive ketones (excluding diaryl/α,β-unsaturated/α-hetero) is 1. The first-order valence-corrected chi connectivity index (χ1v) is 4.87. The maximum Gasteiger partial charge on any atom is 0.133 e. The first-order chi connectivity index (χ1) is 5.75. The van der Waals surface area contributed by atoms with Gasteiger partial charge in [0.25, 0.3) is 0 Å². The van der Waals surface area contributed by atoms with Gasteiger partial charge in [0, 0.05) is 5.92 Å². The van der Waals surface area contributed by atoms with E-state index in [9.17, 15) is 4.79 Å². The van der Waals surface area contributed by atoms with E-state index in [4.69, 9.17) is 0 Å². The molecule has 1 heteroatoms. The van der Waals surface area contributed by atoms with E-state index in [2.05, 4.69) is 6.58 Å². The van der Waals surface area contributed by atoms with Crippen LogP contribution in [0, 0.1) is 11.8 Å². The van der Waals surface area contributed by atoms with Crippen LogP contribution in [0.1, 0.15) is 39.0 Å². The molecular weight excluding hydrogens is 148 g/mol. The maximum absolute atomic E-state index is 11.2. The number of rotatable bonds is 3. The molecule has 0 aromatic heterocycles. The average molecular weight is 166 g/mol. The predicted octanol–water partition coefficient (Wildman–Crippen LogP) is 2.96. The summed E-state index contributed by atoms with van der Waals surface area (Å²) < 4.78 is 0. The largest absolute Gasteiger partial charge is 0.300 e. The van der Waals surface area contributed by atoms with E-state index in [1.165, 1.54) is 19.3 Å². The molecule has 0 N–H and O–H groups in total. The average Bonchev–Trinajstić information content (AvgIpc) is 2.05. The number of allylic oxidation sites excluding steroid dienone is 1. The summed E-state index contributed by atoms with van der Waals surface area (Å²) in [6.07, 6.45) is 7.82. The highest BCUT2D eigenvalue weighted by Crippen LogP contribution is 2.32. The Morgan fingerprint density at radius 3 is 2.75 bits per heavy atom. The van der Waals surface area contributed by atoms with Gasteiger partial charge in [-0.1, -0.05) is 18.9 Å². The molecule has 2 unspecified atom stereocenters. The van der Waals surface area contributed by atoms with Crippen LogP contribution >= 0.6 is 0 Å². The SMILES string of the molecule is C=CCC1CCCCC1C(C)=O. The van der Waals surface area contributed by atoms with E-state index in [1.54, 1.807) is 6.92 Å². The Kier molecular flexibility index (Phi) is 3.51. The zero-order valence-electron chi connectivity index (χ0n) is 7.88. The van der Waals surface area contributed by atoms with Crippen molar-refractivity contribution in [2.45, 2.75) is 39.0 Å². The van der Waals surface area contributed by atoms with Crippen LogP contribution in [-0.2, 0) is 4.79 Å². The van der Waals surface area contributed by atoms with Crippen molar-refractivity contribution in [1.82, 2.24) is 0 Å². The van der Waals surface area contributed by atoms with Gasteiger partial charge in [-0.15, -0.1) is 6.58 Å². The normalized spacial score (nSPS) is 29.8. The molecule has 1 nitrogen and oxygen atoms in total. The molecule has 0 radical (unpaired) electrons. The molecule has 0 spiro atoms. The van der Waals surface area contributed by atoms with E-state index in [0.717, 1.165) is 12.8 Å². The first-order valence-electron chi connectivity index (χ1n) is 4.87. The summed E-state index contributed by atoms with van der Waals surface area (Å²) in [6, 6.07) is 0. The lowest BCUT2D eigenvalue weighted by Gasteiger charge is -2.28. The van der Waals surface area contributed by atoms with Gasteiger partial charge in [-0.3, -0.25) is 4.79 Å². The zero-order chi connectivity index (χ0) is 8.97. The third kappa shape index (κ3) is 2.20. The second kappa shape index (κ2) is 4.44. The van der Waals surface area contributed by atoms with Gasteiger partial charge in [0.05, 0.1) is 0 Å². The summed E-state index contributed by atoms with van der Waals surface area (Å²) in [4.78, 5) is 11.2. The van der Waals surface area contributed by atoms with Crippen LogP contribution in [0.5, 0.6) is 0 Å². The van der Waals surface area contributed by atoms with Crippen LogP contribution in [0.25, 0.3) is 0 Å². The Labute approximate surface area is 74.9 Å². The molecular formula is C11H18O. The van der Waals surface area contributed by atoms with Gasteiger partial charge in [0.1, 0.15) is 5.78 Å². The van der Waals surface area contributed by atoms with Crippen molar-refractivity contribution in [1.29, 1.82) is 0 Å². The zero-order valence-corrected chi connectivity index (χ0v) is 7.88. The molecule has 0 heterocycles. The summed E-state index contributed by atoms with van der Waals surface area (Å²) in [6.45, 7) is 5.47. The van der Waals surface area contributed by atoms with Gasteiger partial charge in [-0.2, -0.15) is 0 Å². The maximum atomic E-state index is 11.2. The van der Waals surface area contributed by atoms with E-state index >= 15 is 0 Å². The molecule has 0 saturated heterocycles. The molecule has 68 valence electrons. The van der Waals surface area contributed by atoms with Crippen molar-refractivity contribution in [2.75, 3.05) is 0 Å². The van der Waals surface area contributed by atoms with Crippen LogP contribution in [0.15, 0.2) is 12.7 Å². The second-order valence-corrected chi connectivity index (χ2v) is 3.79. The lowest BCUT2D eigenvalue weighted by molar-refractivity contribution is -0.123. The lowest BCUT2D eigenvalue weighted by atomic mass is 9.76. The summed E-state index contributed by atoms with van der Waals surface area (Å²) in [7, 11) is 0. The molecule has 1 fully saturated rings. The minimum Gasteiger partial charge on any atom is -0.300 e. The van der Waals surface area contributed by atoms with Gasteiger partial charge in [-0.25, -0.2) is 0 Å². The van der Waals surface area contributed by atoms with Crippen molar-refractivity contribution in [3.8, 4) is 0 Å². The van der Waals surface area contributed by atoms with Crippen molar-refractivity contribution < 1.29 is 4.79 Å². The summed E-state index contributed by atoms with van der Waals surface area (Å²) in [5, 5.41) is 0. The predicted molar refractivity (Wildman–Crippen MR) is 50.9 cm³/mol. The summed E-state index contributed by atoms with van der Waals surface area (Å²) in [5.74, 6) is 1.30.